The normalized spacial score (nSPS) is 17.8. The standard InChI is InChI=1S/C25H16BrFN2O3S/c1-13-5-10-18-19(11-13)33-25(28-18)29-21(15-3-2-4-16(26)12-15)20(23(31)24(29)32)22(30)14-6-8-17(27)9-7-14/h2-12,21,30H,1H3/t21-/m1/s1. The Morgan fingerprint density at radius 2 is 1.85 bits per heavy atom. The zero-order valence-corrected chi connectivity index (χ0v) is 19.7. The topological polar surface area (TPSA) is 70.5 Å². The molecule has 1 aliphatic heterocycles. The molecule has 5 nitrogen and oxygen atoms in total. The van der Waals surface area contributed by atoms with E-state index < -0.39 is 23.5 Å². The summed E-state index contributed by atoms with van der Waals surface area (Å²) in [4.78, 5) is 32.4. The molecule has 5 rings (SSSR count). The van der Waals surface area contributed by atoms with E-state index in [1.165, 1.54) is 40.5 Å². The summed E-state index contributed by atoms with van der Waals surface area (Å²) in [6.45, 7) is 1.97. The third kappa shape index (κ3) is 3.75. The van der Waals surface area contributed by atoms with Crippen LogP contribution in [-0.2, 0) is 9.59 Å². The van der Waals surface area contributed by atoms with Gasteiger partial charge in [-0.25, -0.2) is 9.37 Å². The van der Waals surface area contributed by atoms with Gasteiger partial charge in [0.25, 0.3) is 5.78 Å². The number of aryl methyl sites for hydroxylation is 1. The second-order valence-corrected chi connectivity index (χ2v) is 9.62. The third-order valence-corrected chi connectivity index (χ3v) is 6.98. The molecule has 0 unspecified atom stereocenters. The number of aliphatic hydroxyl groups excluding tert-OH is 1. The number of Topliss-reactive ketones (excluding diaryl/α,β-unsaturated/α-hetero) is 1. The quantitative estimate of drug-likeness (QED) is 0.199. The fourth-order valence-electron chi connectivity index (χ4n) is 3.91. The van der Waals surface area contributed by atoms with E-state index in [9.17, 15) is 19.1 Å². The van der Waals surface area contributed by atoms with Crippen LogP contribution in [0.2, 0.25) is 0 Å². The predicted molar refractivity (Wildman–Crippen MR) is 130 cm³/mol. The van der Waals surface area contributed by atoms with E-state index in [2.05, 4.69) is 20.9 Å². The molecule has 1 saturated heterocycles. The summed E-state index contributed by atoms with van der Waals surface area (Å²) >= 11 is 4.74. The lowest BCUT2D eigenvalue weighted by molar-refractivity contribution is -0.132. The first-order valence-electron chi connectivity index (χ1n) is 10.0. The van der Waals surface area contributed by atoms with Gasteiger partial charge in [0.15, 0.2) is 5.13 Å². The van der Waals surface area contributed by atoms with Gasteiger partial charge in [-0.2, -0.15) is 0 Å². The molecule has 0 saturated carbocycles. The van der Waals surface area contributed by atoms with Crippen LogP contribution in [0, 0.1) is 12.7 Å². The largest absolute Gasteiger partial charge is 0.507 e. The monoisotopic (exact) mass is 522 g/mol. The van der Waals surface area contributed by atoms with Crippen LogP contribution in [0.25, 0.3) is 16.0 Å². The molecule has 1 fully saturated rings. The lowest BCUT2D eigenvalue weighted by atomic mass is 9.95. The SMILES string of the molecule is Cc1ccc2nc(N3C(=O)C(=O)C(=C(O)c4ccc(F)cc4)[C@H]3c3cccc(Br)c3)sc2c1. The van der Waals surface area contributed by atoms with Gasteiger partial charge in [0.1, 0.15) is 11.6 Å². The lowest BCUT2D eigenvalue weighted by Crippen LogP contribution is -2.29. The number of fused-ring (bicyclic) bond motifs is 1. The Balaban J connectivity index is 1.74. The van der Waals surface area contributed by atoms with Crippen molar-refractivity contribution < 1.29 is 19.1 Å². The molecule has 33 heavy (non-hydrogen) atoms. The van der Waals surface area contributed by atoms with Crippen molar-refractivity contribution in [3.63, 3.8) is 0 Å². The number of rotatable bonds is 3. The summed E-state index contributed by atoms with van der Waals surface area (Å²) in [7, 11) is 0. The van der Waals surface area contributed by atoms with Crippen LogP contribution in [0.5, 0.6) is 0 Å². The highest BCUT2D eigenvalue weighted by atomic mass is 79.9. The van der Waals surface area contributed by atoms with Crippen LogP contribution in [0.3, 0.4) is 0 Å². The molecule has 1 aliphatic rings. The van der Waals surface area contributed by atoms with Gasteiger partial charge in [0, 0.05) is 10.0 Å². The fourth-order valence-corrected chi connectivity index (χ4v) is 5.42. The Labute approximate surface area is 200 Å². The molecule has 0 radical (unpaired) electrons. The first-order valence-corrected chi connectivity index (χ1v) is 11.6. The number of carbonyl (C=O) groups is 2. The summed E-state index contributed by atoms with van der Waals surface area (Å²) in [6.07, 6.45) is 0. The van der Waals surface area contributed by atoms with Crippen molar-refractivity contribution in [1.29, 1.82) is 0 Å². The Morgan fingerprint density at radius 3 is 2.58 bits per heavy atom. The number of anilines is 1. The predicted octanol–water partition coefficient (Wildman–Crippen LogP) is 6.13. The number of halogens is 2. The maximum absolute atomic E-state index is 13.4. The first-order chi connectivity index (χ1) is 15.8. The minimum atomic E-state index is -0.894. The van der Waals surface area contributed by atoms with Gasteiger partial charge in [-0.1, -0.05) is 45.5 Å². The van der Waals surface area contributed by atoms with E-state index in [-0.39, 0.29) is 16.9 Å². The minimum Gasteiger partial charge on any atom is -0.507 e. The summed E-state index contributed by atoms with van der Waals surface area (Å²) in [5.74, 6) is -2.44. The number of hydrogen-bond acceptors (Lipinski definition) is 5. The van der Waals surface area contributed by atoms with E-state index in [1.54, 1.807) is 18.2 Å². The molecular formula is C25H16BrFN2O3S. The minimum absolute atomic E-state index is 0.0693. The lowest BCUT2D eigenvalue weighted by Gasteiger charge is -2.23. The molecule has 0 aliphatic carbocycles. The van der Waals surface area contributed by atoms with Crippen molar-refractivity contribution >= 4 is 60.1 Å². The van der Waals surface area contributed by atoms with Crippen LogP contribution < -0.4 is 4.90 Å². The number of amides is 1. The molecule has 4 aromatic rings. The number of aliphatic hydroxyl groups is 1. The molecule has 2 heterocycles. The van der Waals surface area contributed by atoms with Crippen molar-refractivity contribution in [3.05, 3.63) is 99.3 Å². The van der Waals surface area contributed by atoms with Gasteiger partial charge < -0.3 is 5.11 Å². The van der Waals surface area contributed by atoms with Crippen molar-refractivity contribution in [2.24, 2.45) is 0 Å². The van der Waals surface area contributed by atoms with Crippen molar-refractivity contribution in [2.45, 2.75) is 13.0 Å². The molecule has 1 amide bonds. The van der Waals surface area contributed by atoms with E-state index in [4.69, 9.17) is 0 Å². The highest BCUT2D eigenvalue weighted by molar-refractivity contribution is 9.10. The average molecular weight is 523 g/mol. The van der Waals surface area contributed by atoms with Crippen LogP contribution >= 0.6 is 27.3 Å². The Bertz CT molecular complexity index is 1460. The number of hydrogen-bond donors (Lipinski definition) is 1. The smallest absolute Gasteiger partial charge is 0.301 e. The molecule has 1 atom stereocenters. The van der Waals surface area contributed by atoms with Crippen LogP contribution in [0.4, 0.5) is 9.52 Å². The van der Waals surface area contributed by atoms with E-state index in [0.717, 1.165) is 14.7 Å². The zero-order valence-electron chi connectivity index (χ0n) is 17.3. The maximum Gasteiger partial charge on any atom is 0.301 e. The molecule has 1 N–H and O–H groups in total. The van der Waals surface area contributed by atoms with Gasteiger partial charge in [0.05, 0.1) is 21.8 Å². The Hall–Kier alpha value is -3.36. The highest BCUT2D eigenvalue weighted by Crippen LogP contribution is 2.44. The molecule has 8 heteroatoms. The number of benzene rings is 3. The number of aromatic nitrogens is 1. The Morgan fingerprint density at radius 1 is 1.09 bits per heavy atom. The van der Waals surface area contributed by atoms with Gasteiger partial charge in [0.2, 0.25) is 0 Å². The summed E-state index contributed by atoms with van der Waals surface area (Å²) in [6, 6.07) is 17.2. The second kappa shape index (κ2) is 8.20. The van der Waals surface area contributed by atoms with Crippen LogP contribution in [-0.4, -0.2) is 21.8 Å². The van der Waals surface area contributed by atoms with E-state index >= 15 is 0 Å². The molecular weight excluding hydrogens is 507 g/mol. The third-order valence-electron chi connectivity index (χ3n) is 5.47. The first kappa shape index (κ1) is 21.5. The maximum atomic E-state index is 13.4. The summed E-state index contributed by atoms with van der Waals surface area (Å²) in [5.41, 5.74) is 2.57. The van der Waals surface area contributed by atoms with Crippen molar-refractivity contribution in [1.82, 2.24) is 4.98 Å². The van der Waals surface area contributed by atoms with Gasteiger partial charge in [-0.05, 0) is 66.6 Å². The fraction of sp³-hybridized carbons (Fsp3) is 0.0800. The number of ketones is 1. The molecule has 0 bridgehead atoms. The summed E-state index contributed by atoms with van der Waals surface area (Å²) < 4.78 is 15.1. The van der Waals surface area contributed by atoms with Gasteiger partial charge in [-0.3, -0.25) is 14.5 Å². The Kier molecular flexibility index (Phi) is 5.34. The second-order valence-electron chi connectivity index (χ2n) is 7.70. The molecule has 0 spiro atoms. The van der Waals surface area contributed by atoms with Crippen molar-refractivity contribution in [2.75, 3.05) is 4.90 Å². The molecule has 3 aromatic carbocycles. The highest BCUT2D eigenvalue weighted by Gasteiger charge is 2.48. The van der Waals surface area contributed by atoms with Crippen molar-refractivity contribution in [3.8, 4) is 0 Å². The average Bonchev–Trinajstić information content (AvgIpc) is 3.32. The number of thiazole rings is 1. The van der Waals surface area contributed by atoms with E-state index in [1.807, 2.05) is 31.2 Å². The zero-order chi connectivity index (χ0) is 23.3. The van der Waals surface area contributed by atoms with Gasteiger partial charge in [-0.15, -0.1) is 0 Å². The number of nitrogens with zero attached hydrogens (tertiary/aromatic N) is 2. The van der Waals surface area contributed by atoms with Crippen LogP contribution in [0.15, 0.2) is 76.8 Å². The molecule has 1 aromatic heterocycles. The molecule has 164 valence electrons. The summed E-state index contributed by atoms with van der Waals surface area (Å²) in [5, 5.41) is 11.4. The van der Waals surface area contributed by atoms with Gasteiger partial charge >= 0.3 is 5.91 Å². The van der Waals surface area contributed by atoms with E-state index in [0.29, 0.717) is 16.2 Å². The number of carbonyl (C=O) groups excluding carboxylic acids is 2. The van der Waals surface area contributed by atoms with Crippen LogP contribution in [0.1, 0.15) is 22.7 Å².